The number of nitrogens with two attached hydrogens (primary N) is 1. The molecule has 1 aliphatic heterocycles. The number of rotatable bonds is 7. The Balaban J connectivity index is 2.54. The molecule has 0 aromatic rings. The summed E-state index contributed by atoms with van der Waals surface area (Å²) in [5.41, 5.74) is 5.95. The van der Waals surface area contributed by atoms with Gasteiger partial charge in [-0.1, -0.05) is 0 Å². The van der Waals surface area contributed by atoms with Crippen LogP contribution in [0.25, 0.3) is 0 Å². The minimum absolute atomic E-state index is 0.0605. The maximum atomic E-state index is 12.4. The van der Waals surface area contributed by atoms with Gasteiger partial charge in [0.05, 0.1) is 19.6 Å². The van der Waals surface area contributed by atoms with Gasteiger partial charge in [-0.3, -0.25) is 9.59 Å². The Morgan fingerprint density at radius 2 is 2.10 bits per heavy atom. The molecular weight excluding hydrogens is 260 g/mol. The third kappa shape index (κ3) is 5.09. The Labute approximate surface area is 120 Å². The van der Waals surface area contributed by atoms with Gasteiger partial charge in [0.1, 0.15) is 0 Å². The zero-order valence-corrected chi connectivity index (χ0v) is 12.5. The molecule has 2 N–H and O–H groups in total. The zero-order valence-electron chi connectivity index (χ0n) is 12.5. The van der Waals surface area contributed by atoms with Crippen LogP contribution in [0, 0.1) is 0 Å². The lowest BCUT2D eigenvalue weighted by molar-refractivity contribution is -0.145. The predicted molar refractivity (Wildman–Crippen MR) is 75.1 cm³/mol. The quantitative estimate of drug-likeness (QED) is 0.550. The van der Waals surface area contributed by atoms with Crippen molar-refractivity contribution in [2.24, 2.45) is 5.73 Å². The number of carbonyl (C=O) groups is 2. The fourth-order valence-electron chi connectivity index (χ4n) is 2.56. The Kier molecular flexibility index (Phi) is 7.54. The number of esters is 1. The molecule has 0 spiro atoms. The molecule has 6 nitrogen and oxygen atoms in total. The molecule has 0 aliphatic carbocycles. The molecule has 6 heteroatoms. The summed E-state index contributed by atoms with van der Waals surface area (Å²) in [5, 5.41) is 0. The van der Waals surface area contributed by atoms with E-state index >= 15 is 0 Å². The van der Waals surface area contributed by atoms with Crippen molar-refractivity contribution in [2.45, 2.75) is 50.6 Å². The summed E-state index contributed by atoms with van der Waals surface area (Å²) in [5.74, 6) is -0.336. The summed E-state index contributed by atoms with van der Waals surface area (Å²) in [6, 6.07) is -0.583. The SMILES string of the molecule is COCCCC(N)C(=O)N1CCCCC1CC(=O)OC. The zero-order chi connectivity index (χ0) is 15.0. The first-order chi connectivity index (χ1) is 9.60. The summed E-state index contributed by atoms with van der Waals surface area (Å²) in [6.45, 7) is 1.28. The van der Waals surface area contributed by atoms with Gasteiger partial charge in [0.15, 0.2) is 0 Å². The van der Waals surface area contributed by atoms with Gasteiger partial charge in [-0.25, -0.2) is 0 Å². The van der Waals surface area contributed by atoms with E-state index in [0.29, 0.717) is 19.6 Å². The number of hydrogen-bond acceptors (Lipinski definition) is 5. The van der Waals surface area contributed by atoms with Crippen LogP contribution < -0.4 is 5.73 Å². The Morgan fingerprint density at radius 3 is 2.75 bits per heavy atom. The van der Waals surface area contributed by atoms with Crippen molar-refractivity contribution in [2.75, 3.05) is 27.4 Å². The average Bonchev–Trinajstić information content (AvgIpc) is 2.47. The van der Waals surface area contributed by atoms with E-state index in [1.165, 1.54) is 7.11 Å². The van der Waals surface area contributed by atoms with Crippen molar-refractivity contribution in [3.8, 4) is 0 Å². The van der Waals surface area contributed by atoms with Gasteiger partial charge in [0.25, 0.3) is 0 Å². The van der Waals surface area contributed by atoms with Gasteiger partial charge in [-0.05, 0) is 32.1 Å². The normalized spacial score (nSPS) is 20.6. The highest BCUT2D eigenvalue weighted by molar-refractivity contribution is 5.82. The molecule has 1 amide bonds. The third-order valence-electron chi connectivity index (χ3n) is 3.72. The molecule has 0 aromatic heterocycles. The first-order valence-electron chi connectivity index (χ1n) is 7.22. The Bertz CT molecular complexity index is 322. The van der Waals surface area contributed by atoms with Gasteiger partial charge < -0.3 is 20.1 Å². The molecule has 0 radical (unpaired) electrons. The molecule has 1 fully saturated rings. The van der Waals surface area contributed by atoms with E-state index < -0.39 is 6.04 Å². The van der Waals surface area contributed by atoms with Crippen LogP contribution >= 0.6 is 0 Å². The Hall–Kier alpha value is -1.14. The number of ether oxygens (including phenoxy) is 2. The Morgan fingerprint density at radius 1 is 1.35 bits per heavy atom. The number of hydrogen-bond donors (Lipinski definition) is 1. The van der Waals surface area contributed by atoms with Crippen LogP contribution in [0.1, 0.15) is 38.5 Å². The minimum Gasteiger partial charge on any atom is -0.469 e. The summed E-state index contributed by atoms with van der Waals surface area (Å²) in [7, 11) is 3.00. The summed E-state index contributed by atoms with van der Waals surface area (Å²) in [4.78, 5) is 25.6. The van der Waals surface area contributed by atoms with E-state index in [1.54, 1.807) is 12.0 Å². The number of nitrogens with zero attached hydrogens (tertiary/aromatic N) is 1. The lowest BCUT2D eigenvalue weighted by Gasteiger charge is -2.36. The van der Waals surface area contributed by atoms with Crippen LogP contribution in [0.2, 0.25) is 0 Å². The molecule has 2 atom stereocenters. The van der Waals surface area contributed by atoms with E-state index in [2.05, 4.69) is 0 Å². The molecule has 0 saturated carbocycles. The lowest BCUT2D eigenvalue weighted by Crippen LogP contribution is -2.51. The van der Waals surface area contributed by atoms with Crippen LogP contribution in [-0.2, 0) is 19.1 Å². The number of carbonyl (C=O) groups excluding carboxylic acids is 2. The van der Waals surface area contributed by atoms with Crippen molar-refractivity contribution in [3.63, 3.8) is 0 Å². The highest BCUT2D eigenvalue weighted by Crippen LogP contribution is 2.21. The third-order valence-corrected chi connectivity index (χ3v) is 3.72. The first kappa shape index (κ1) is 16.9. The molecule has 1 aliphatic rings. The molecule has 1 saturated heterocycles. The van der Waals surface area contributed by atoms with E-state index in [-0.39, 0.29) is 24.3 Å². The second kappa shape index (κ2) is 8.92. The molecule has 0 bridgehead atoms. The maximum Gasteiger partial charge on any atom is 0.307 e. The second-order valence-corrected chi connectivity index (χ2v) is 5.20. The van der Waals surface area contributed by atoms with Crippen LogP contribution in [0.5, 0.6) is 0 Å². The standard InChI is InChI=1S/C14H26N2O4/c1-19-9-5-7-12(15)14(18)16-8-4-3-6-11(16)10-13(17)20-2/h11-12H,3-10,15H2,1-2H3. The van der Waals surface area contributed by atoms with Crippen LogP contribution in [0.15, 0.2) is 0 Å². The highest BCUT2D eigenvalue weighted by Gasteiger charge is 2.31. The summed E-state index contributed by atoms with van der Waals surface area (Å²) < 4.78 is 9.66. The van der Waals surface area contributed by atoms with Gasteiger partial charge in [-0.15, -0.1) is 0 Å². The number of piperidine rings is 1. The first-order valence-corrected chi connectivity index (χ1v) is 7.22. The van der Waals surface area contributed by atoms with Gasteiger partial charge >= 0.3 is 5.97 Å². The van der Waals surface area contributed by atoms with Crippen LogP contribution in [0.3, 0.4) is 0 Å². The van der Waals surface area contributed by atoms with E-state index in [0.717, 1.165) is 25.7 Å². The minimum atomic E-state index is -0.511. The van der Waals surface area contributed by atoms with Crippen LogP contribution in [0.4, 0.5) is 0 Å². The summed E-state index contributed by atoms with van der Waals surface area (Å²) >= 11 is 0. The topological polar surface area (TPSA) is 81.9 Å². The fourth-order valence-corrected chi connectivity index (χ4v) is 2.56. The van der Waals surface area contributed by atoms with Crippen molar-refractivity contribution >= 4 is 11.9 Å². The molecule has 1 heterocycles. The summed E-state index contributed by atoms with van der Waals surface area (Å²) in [6.07, 6.45) is 4.46. The fraction of sp³-hybridized carbons (Fsp3) is 0.857. The maximum absolute atomic E-state index is 12.4. The van der Waals surface area contributed by atoms with Gasteiger partial charge in [0, 0.05) is 26.3 Å². The lowest BCUT2D eigenvalue weighted by atomic mass is 9.97. The monoisotopic (exact) mass is 286 g/mol. The molecule has 116 valence electrons. The van der Waals surface area contributed by atoms with E-state index in [1.807, 2.05) is 0 Å². The van der Waals surface area contributed by atoms with Crippen LogP contribution in [-0.4, -0.2) is 56.2 Å². The van der Waals surface area contributed by atoms with Gasteiger partial charge in [-0.2, -0.15) is 0 Å². The van der Waals surface area contributed by atoms with E-state index in [4.69, 9.17) is 15.2 Å². The molecule has 20 heavy (non-hydrogen) atoms. The van der Waals surface area contributed by atoms with Crippen molar-refractivity contribution < 1.29 is 19.1 Å². The average molecular weight is 286 g/mol. The van der Waals surface area contributed by atoms with E-state index in [9.17, 15) is 9.59 Å². The molecule has 1 rings (SSSR count). The number of amides is 1. The van der Waals surface area contributed by atoms with Crippen molar-refractivity contribution in [1.82, 2.24) is 4.90 Å². The second-order valence-electron chi connectivity index (χ2n) is 5.20. The predicted octanol–water partition coefficient (Wildman–Crippen LogP) is 0.685. The van der Waals surface area contributed by atoms with Crippen molar-refractivity contribution in [3.05, 3.63) is 0 Å². The number of methoxy groups -OCH3 is 2. The molecule has 2 unspecified atom stereocenters. The smallest absolute Gasteiger partial charge is 0.307 e. The molecular formula is C14H26N2O4. The van der Waals surface area contributed by atoms with Crippen molar-refractivity contribution in [1.29, 1.82) is 0 Å². The highest BCUT2D eigenvalue weighted by atomic mass is 16.5. The molecule has 0 aromatic carbocycles. The van der Waals surface area contributed by atoms with Gasteiger partial charge in [0.2, 0.25) is 5.91 Å². The number of likely N-dealkylation sites (tertiary alicyclic amines) is 1. The largest absolute Gasteiger partial charge is 0.469 e.